The van der Waals surface area contributed by atoms with Gasteiger partial charge in [0, 0.05) is 40.5 Å². The van der Waals surface area contributed by atoms with E-state index in [0.29, 0.717) is 23.7 Å². The number of fused-ring (bicyclic) bond motifs is 5. The fourth-order valence-electron chi connectivity index (χ4n) is 12.3. The third kappa shape index (κ3) is 6.52. The quantitative estimate of drug-likeness (QED) is 0.151. The van der Waals surface area contributed by atoms with Crippen LogP contribution in [-0.4, -0.2) is 0 Å². The van der Waals surface area contributed by atoms with E-state index >= 15 is 0 Å². The van der Waals surface area contributed by atoms with E-state index in [2.05, 4.69) is 236 Å². The number of rotatable bonds is 8. The Balaban J connectivity index is 1.03. The Hall–Kier alpha value is -6.96. The minimum absolute atomic E-state index is 0.234. The van der Waals surface area contributed by atoms with Crippen LogP contribution in [-0.2, 0) is 11.8 Å². The molecule has 6 atom stereocenters. The first-order valence-corrected chi connectivity index (χ1v) is 23.5. The highest BCUT2D eigenvalue weighted by molar-refractivity contribution is 5.86. The fraction of sp³-hybridized carbons (Fsp3) is 0.175. The molecule has 12 rings (SSSR count). The predicted molar refractivity (Wildman–Crippen MR) is 269 cm³/mol. The monoisotopic (exact) mass is 823 g/mol. The van der Waals surface area contributed by atoms with Crippen LogP contribution in [0.5, 0.6) is 0 Å². The maximum absolute atomic E-state index is 2.67. The van der Waals surface area contributed by atoms with Crippen LogP contribution in [0.4, 0.5) is 5.69 Å². The highest BCUT2D eigenvalue weighted by Gasteiger charge is 2.55. The van der Waals surface area contributed by atoms with Gasteiger partial charge >= 0.3 is 0 Å². The van der Waals surface area contributed by atoms with Gasteiger partial charge in [-0.1, -0.05) is 206 Å². The smallest absolute Gasteiger partial charge is 0.0502 e. The van der Waals surface area contributed by atoms with Gasteiger partial charge in [-0.2, -0.15) is 0 Å². The Kier molecular flexibility index (Phi) is 9.86. The second kappa shape index (κ2) is 16.3. The van der Waals surface area contributed by atoms with Crippen molar-refractivity contribution in [2.75, 3.05) is 4.90 Å². The standard InChI is InChI=1S/C63H53N/c1-4-16-44(17-5-1)46-28-30-47(31-29-46)48-32-34-50(35-33-48)62-56-25-13-12-19-49(56)37-41-61(62)64(54-38-36-45-18-10-11-20-51(45)42-54)55-39-40-58-57-26-14-15-27-59(57)63(60(58)43-55,52-21-6-2-7-22-52)53-23-8-3-9-24-53/h1-23,26-28,30-35,37,39-43,46,53,56-57,59H,24-25,29,36,38H2. The molecule has 0 heterocycles. The number of anilines is 1. The minimum Gasteiger partial charge on any atom is -0.314 e. The summed E-state index contributed by atoms with van der Waals surface area (Å²) >= 11 is 0. The Bertz CT molecular complexity index is 2970. The van der Waals surface area contributed by atoms with Gasteiger partial charge in [-0.3, -0.25) is 0 Å². The highest BCUT2D eigenvalue weighted by atomic mass is 15.2. The molecule has 0 bridgehead atoms. The number of nitrogens with zero attached hydrogens (tertiary/aromatic N) is 1. The molecule has 0 saturated heterocycles. The molecule has 0 spiro atoms. The van der Waals surface area contributed by atoms with E-state index in [9.17, 15) is 0 Å². The lowest BCUT2D eigenvalue weighted by Gasteiger charge is -2.44. The Morgan fingerprint density at radius 3 is 2.20 bits per heavy atom. The third-order valence-corrected chi connectivity index (χ3v) is 15.2. The van der Waals surface area contributed by atoms with Gasteiger partial charge in [0.25, 0.3) is 0 Å². The normalized spacial score (nSPS) is 25.8. The largest absolute Gasteiger partial charge is 0.314 e. The molecule has 64 heavy (non-hydrogen) atoms. The van der Waals surface area contributed by atoms with Gasteiger partial charge in [-0.05, 0) is 124 Å². The topological polar surface area (TPSA) is 3.24 Å². The summed E-state index contributed by atoms with van der Waals surface area (Å²) in [5.41, 5.74) is 18.7. The predicted octanol–water partition coefficient (Wildman–Crippen LogP) is 15.3. The van der Waals surface area contributed by atoms with Crippen molar-refractivity contribution < 1.29 is 0 Å². The third-order valence-electron chi connectivity index (χ3n) is 15.2. The fourth-order valence-corrected chi connectivity index (χ4v) is 12.3. The lowest BCUT2D eigenvalue weighted by Crippen LogP contribution is -2.41. The number of allylic oxidation sites excluding steroid dienone is 20. The van der Waals surface area contributed by atoms with Gasteiger partial charge in [0.1, 0.15) is 0 Å². The Labute approximate surface area is 379 Å². The summed E-state index contributed by atoms with van der Waals surface area (Å²) in [5.74, 6) is 1.62. The molecule has 7 aliphatic carbocycles. The van der Waals surface area contributed by atoms with Gasteiger partial charge in [0.15, 0.2) is 0 Å². The molecule has 1 heteroatoms. The summed E-state index contributed by atoms with van der Waals surface area (Å²) in [4.78, 5) is 2.67. The molecular formula is C63H53N. The van der Waals surface area contributed by atoms with Crippen molar-refractivity contribution in [2.45, 2.75) is 49.4 Å². The molecule has 5 aromatic carbocycles. The van der Waals surface area contributed by atoms with E-state index in [1.165, 1.54) is 78.3 Å². The molecule has 7 aliphatic rings. The van der Waals surface area contributed by atoms with Gasteiger partial charge in [0.05, 0.1) is 5.70 Å². The molecule has 0 fully saturated rings. The molecule has 310 valence electrons. The summed E-state index contributed by atoms with van der Waals surface area (Å²) in [5, 5.41) is 0. The van der Waals surface area contributed by atoms with Crippen LogP contribution in [0.1, 0.15) is 82.0 Å². The molecular weight excluding hydrogens is 771 g/mol. The van der Waals surface area contributed by atoms with E-state index < -0.39 is 0 Å². The van der Waals surface area contributed by atoms with Crippen molar-refractivity contribution in [3.63, 3.8) is 0 Å². The van der Waals surface area contributed by atoms with Gasteiger partial charge in [0.2, 0.25) is 0 Å². The van der Waals surface area contributed by atoms with E-state index in [0.717, 1.165) is 32.1 Å². The molecule has 0 amide bonds. The van der Waals surface area contributed by atoms with E-state index in [1.54, 1.807) is 0 Å². The number of benzene rings is 5. The van der Waals surface area contributed by atoms with E-state index in [4.69, 9.17) is 0 Å². The highest BCUT2D eigenvalue weighted by Crippen LogP contribution is 2.62. The van der Waals surface area contributed by atoms with Crippen LogP contribution in [0.2, 0.25) is 0 Å². The minimum atomic E-state index is -0.234. The summed E-state index contributed by atoms with van der Waals surface area (Å²) in [6.45, 7) is 0. The van der Waals surface area contributed by atoms with Crippen molar-refractivity contribution in [3.05, 3.63) is 286 Å². The van der Waals surface area contributed by atoms with Crippen molar-refractivity contribution in [2.24, 2.45) is 17.8 Å². The molecule has 6 unspecified atom stereocenters. The summed E-state index contributed by atoms with van der Waals surface area (Å²) in [6.07, 6.45) is 45.3. The van der Waals surface area contributed by atoms with Crippen LogP contribution in [0.25, 0.3) is 17.2 Å². The van der Waals surface area contributed by atoms with Crippen LogP contribution >= 0.6 is 0 Å². The molecule has 5 aromatic rings. The summed E-state index contributed by atoms with van der Waals surface area (Å²) in [7, 11) is 0. The van der Waals surface area contributed by atoms with Crippen LogP contribution < -0.4 is 4.90 Å². The first-order chi connectivity index (χ1) is 31.7. The SMILES string of the molecule is C1=CCC2C(=C1)C=CC(N(C1=Cc3ccccc3CC1)c1ccc3c(c1)C(c1ccccc1)(C1C=CC=CC1)C1C=CC=CC31)=C2c1ccc(C2=CCC(c3ccccc3)C=C2)cc1. The zero-order valence-electron chi connectivity index (χ0n) is 36.3. The second-order valence-corrected chi connectivity index (χ2v) is 18.5. The molecule has 0 saturated carbocycles. The van der Waals surface area contributed by atoms with Crippen LogP contribution in [0, 0.1) is 17.8 Å². The van der Waals surface area contributed by atoms with Gasteiger partial charge < -0.3 is 4.90 Å². The van der Waals surface area contributed by atoms with Gasteiger partial charge in [-0.25, -0.2) is 0 Å². The average Bonchev–Trinajstić information content (AvgIpc) is 3.67. The second-order valence-electron chi connectivity index (χ2n) is 18.5. The van der Waals surface area contributed by atoms with Crippen LogP contribution in [0.3, 0.4) is 0 Å². The zero-order valence-corrected chi connectivity index (χ0v) is 36.3. The summed E-state index contributed by atoms with van der Waals surface area (Å²) < 4.78 is 0. The maximum atomic E-state index is 2.67. The number of aryl methyl sites for hydroxylation is 1. The first kappa shape index (κ1) is 38.7. The Morgan fingerprint density at radius 1 is 0.594 bits per heavy atom. The molecule has 0 aliphatic heterocycles. The van der Waals surface area contributed by atoms with E-state index in [-0.39, 0.29) is 11.3 Å². The maximum Gasteiger partial charge on any atom is 0.0502 e. The van der Waals surface area contributed by atoms with Crippen molar-refractivity contribution in [1.29, 1.82) is 0 Å². The van der Waals surface area contributed by atoms with Crippen molar-refractivity contribution in [1.82, 2.24) is 0 Å². The van der Waals surface area contributed by atoms with E-state index in [1.807, 2.05) is 0 Å². The first-order valence-electron chi connectivity index (χ1n) is 23.5. The molecule has 1 nitrogen and oxygen atoms in total. The average molecular weight is 824 g/mol. The molecule has 0 N–H and O–H groups in total. The molecule has 0 aromatic heterocycles. The number of hydrogen-bond acceptors (Lipinski definition) is 1. The number of hydrogen-bond donors (Lipinski definition) is 0. The van der Waals surface area contributed by atoms with Crippen molar-refractivity contribution in [3.8, 4) is 0 Å². The lowest BCUT2D eigenvalue weighted by molar-refractivity contribution is 0.301. The van der Waals surface area contributed by atoms with Crippen LogP contribution in [0.15, 0.2) is 242 Å². The zero-order chi connectivity index (χ0) is 42.5. The summed E-state index contributed by atoms with van der Waals surface area (Å²) in [6, 6.07) is 48.4. The Morgan fingerprint density at radius 2 is 1.38 bits per heavy atom. The van der Waals surface area contributed by atoms with Crippen molar-refractivity contribution >= 4 is 22.9 Å². The molecule has 0 radical (unpaired) electrons. The lowest BCUT2D eigenvalue weighted by atomic mass is 9.58. The van der Waals surface area contributed by atoms with Gasteiger partial charge in [-0.15, -0.1) is 0 Å².